The predicted molar refractivity (Wildman–Crippen MR) is 104 cm³/mol. The van der Waals surface area contributed by atoms with Crippen LogP contribution in [0.1, 0.15) is 27.8 Å². The molecule has 3 rings (SSSR count). The fourth-order valence-corrected chi connectivity index (χ4v) is 2.43. The minimum absolute atomic E-state index is 0.0728. The van der Waals surface area contributed by atoms with Crippen LogP contribution in [-0.2, 0) is 0 Å². The SMILES string of the molecule is CCOc1ccc(NC(=O)c2ccnc(C(=O)Nc3ccc(F)cc3)c2)cc1. The Hall–Kier alpha value is -3.74. The molecule has 0 aliphatic heterocycles. The smallest absolute Gasteiger partial charge is 0.274 e. The number of nitrogens with one attached hydrogen (secondary N) is 2. The van der Waals surface area contributed by atoms with E-state index in [0.29, 0.717) is 23.7 Å². The molecule has 1 heterocycles. The molecule has 0 bridgehead atoms. The number of carbonyl (C=O) groups excluding carboxylic acids is 2. The summed E-state index contributed by atoms with van der Waals surface area (Å²) in [5.74, 6) is -0.557. The maximum atomic E-state index is 13.0. The van der Waals surface area contributed by atoms with Crippen LogP contribution in [0.3, 0.4) is 0 Å². The number of nitrogens with zero attached hydrogens (tertiary/aromatic N) is 1. The molecule has 0 spiro atoms. The van der Waals surface area contributed by atoms with Gasteiger partial charge in [0.25, 0.3) is 11.8 Å². The average molecular weight is 379 g/mol. The van der Waals surface area contributed by atoms with Crippen LogP contribution in [0.2, 0.25) is 0 Å². The fraction of sp³-hybridized carbons (Fsp3) is 0.0952. The third-order valence-electron chi connectivity index (χ3n) is 3.78. The third kappa shape index (κ3) is 4.91. The van der Waals surface area contributed by atoms with Gasteiger partial charge in [0.05, 0.1) is 6.61 Å². The lowest BCUT2D eigenvalue weighted by Gasteiger charge is -2.08. The second-order valence-corrected chi connectivity index (χ2v) is 5.80. The van der Waals surface area contributed by atoms with E-state index in [-0.39, 0.29) is 17.2 Å². The molecule has 0 aliphatic rings. The van der Waals surface area contributed by atoms with Gasteiger partial charge in [0.15, 0.2) is 0 Å². The van der Waals surface area contributed by atoms with Crippen molar-refractivity contribution in [3.8, 4) is 5.75 Å². The van der Waals surface area contributed by atoms with Crippen LogP contribution in [0.25, 0.3) is 0 Å². The van der Waals surface area contributed by atoms with E-state index in [2.05, 4.69) is 15.6 Å². The third-order valence-corrected chi connectivity index (χ3v) is 3.78. The number of benzene rings is 2. The van der Waals surface area contributed by atoms with Crippen LogP contribution in [0.4, 0.5) is 15.8 Å². The maximum absolute atomic E-state index is 13.0. The van der Waals surface area contributed by atoms with E-state index >= 15 is 0 Å². The summed E-state index contributed by atoms with van der Waals surface area (Å²) in [4.78, 5) is 28.8. The summed E-state index contributed by atoms with van der Waals surface area (Å²) in [5, 5.41) is 5.36. The van der Waals surface area contributed by atoms with Crippen LogP contribution >= 0.6 is 0 Å². The first-order valence-electron chi connectivity index (χ1n) is 8.62. The minimum Gasteiger partial charge on any atom is -0.494 e. The topological polar surface area (TPSA) is 80.3 Å². The Labute approximate surface area is 161 Å². The summed E-state index contributed by atoms with van der Waals surface area (Å²) in [7, 11) is 0. The number of pyridine rings is 1. The lowest BCUT2D eigenvalue weighted by atomic mass is 10.2. The molecule has 7 heteroatoms. The van der Waals surface area contributed by atoms with Crippen molar-refractivity contribution in [1.29, 1.82) is 0 Å². The molecule has 2 N–H and O–H groups in total. The highest BCUT2D eigenvalue weighted by atomic mass is 19.1. The summed E-state index contributed by atoms with van der Waals surface area (Å²) >= 11 is 0. The Balaban J connectivity index is 1.68. The monoisotopic (exact) mass is 379 g/mol. The summed E-state index contributed by atoms with van der Waals surface area (Å²) in [5.41, 5.74) is 1.39. The van der Waals surface area contributed by atoms with Crippen LogP contribution in [0, 0.1) is 5.82 Å². The molecular weight excluding hydrogens is 361 g/mol. The molecule has 142 valence electrons. The molecule has 0 atom stereocenters. The molecule has 0 radical (unpaired) electrons. The molecule has 3 aromatic rings. The van der Waals surface area contributed by atoms with Crippen LogP contribution in [0.5, 0.6) is 5.75 Å². The van der Waals surface area contributed by atoms with Gasteiger partial charge in [-0.2, -0.15) is 0 Å². The maximum Gasteiger partial charge on any atom is 0.274 e. The van der Waals surface area contributed by atoms with E-state index in [1.165, 1.54) is 42.6 Å². The van der Waals surface area contributed by atoms with Crippen molar-refractivity contribution >= 4 is 23.2 Å². The van der Waals surface area contributed by atoms with Crippen molar-refractivity contribution in [2.24, 2.45) is 0 Å². The van der Waals surface area contributed by atoms with E-state index < -0.39 is 11.7 Å². The van der Waals surface area contributed by atoms with Crippen molar-refractivity contribution in [2.75, 3.05) is 17.2 Å². The molecule has 1 aromatic heterocycles. The molecule has 2 aromatic carbocycles. The molecule has 28 heavy (non-hydrogen) atoms. The van der Waals surface area contributed by atoms with Crippen LogP contribution in [-0.4, -0.2) is 23.4 Å². The van der Waals surface area contributed by atoms with Crippen molar-refractivity contribution in [2.45, 2.75) is 6.92 Å². The van der Waals surface area contributed by atoms with Crippen LogP contribution < -0.4 is 15.4 Å². The summed E-state index contributed by atoms with van der Waals surface area (Å²) < 4.78 is 18.3. The Kier molecular flexibility index (Phi) is 5.96. The quantitative estimate of drug-likeness (QED) is 0.675. The zero-order chi connectivity index (χ0) is 19.9. The van der Waals surface area contributed by atoms with Gasteiger partial charge in [0, 0.05) is 23.1 Å². The molecule has 0 aliphatic carbocycles. The Morgan fingerprint density at radius 3 is 2.18 bits per heavy atom. The van der Waals surface area contributed by atoms with Gasteiger partial charge in [-0.05, 0) is 67.6 Å². The van der Waals surface area contributed by atoms with E-state index in [0.717, 1.165) is 0 Å². The fourth-order valence-electron chi connectivity index (χ4n) is 2.43. The second-order valence-electron chi connectivity index (χ2n) is 5.80. The van der Waals surface area contributed by atoms with E-state index in [1.807, 2.05) is 6.92 Å². The number of rotatable bonds is 6. The molecule has 0 saturated carbocycles. The first-order valence-corrected chi connectivity index (χ1v) is 8.62. The highest BCUT2D eigenvalue weighted by Gasteiger charge is 2.12. The molecular formula is C21H18FN3O3. The van der Waals surface area contributed by atoms with Crippen molar-refractivity contribution in [3.05, 3.63) is 83.9 Å². The average Bonchev–Trinajstić information content (AvgIpc) is 2.71. The summed E-state index contributed by atoms with van der Waals surface area (Å²) in [6, 6.07) is 15.2. The highest BCUT2D eigenvalue weighted by Crippen LogP contribution is 2.17. The number of halogens is 1. The molecule has 0 unspecified atom stereocenters. The number of anilines is 2. The number of hydrogen-bond donors (Lipinski definition) is 2. The van der Waals surface area contributed by atoms with Gasteiger partial charge in [-0.3, -0.25) is 14.6 Å². The standard InChI is InChI=1S/C21H18FN3O3/c1-2-28-18-9-7-17(8-10-18)24-20(26)14-11-12-23-19(13-14)21(27)25-16-5-3-15(22)4-6-16/h3-13H,2H2,1H3,(H,24,26)(H,25,27). The number of amides is 2. The van der Waals surface area contributed by atoms with E-state index in [9.17, 15) is 14.0 Å². The first-order chi connectivity index (χ1) is 13.5. The zero-order valence-corrected chi connectivity index (χ0v) is 15.1. The summed E-state index contributed by atoms with van der Waals surface area (Å²) in [6.07, 6.45) is 1.38. The van der Waals surface area contributed by atoms with Crippen molar-refractivity contribution < 1.29 is 18.7 Å². The van der Waals surface area contributed by atoms with Gasteiger partial charge >= 0.3 is 0 Å². The van der Waals surface area contributed by atoms with E-state index in [1.54, 1.807) is 24.3 Å². The molecule has 6 nitrogen and oxygen atoms in total. The Morgan fingerprint density at radius 2 is 1.54 bits per heavy atom. The highest BCUT2D eigenvalue weighted by molar-refractivity contribution is 6.07. The molecule has 0 fully saturated rings. The van der Waals surface area contributed by atoms with Crippen molar-refractivity contribution in [3.63, 3.8) is 0 Å². The zero-order valence-electron chi connectivity index (χ0n) is 15.1. The van der Waals surface area contributed by atoms with Gasteiger partial charge in [0.2, 0.25) is 0 Å². The predicted octanol–water partition coefficient (Wildman–Crippen LogP) is 4.12. The van der Waals surface area contributed by atoms with Crippen LogP contribution in [0.15, 0.2) is 66.9 Å². The Bertz CT molecular complexity index is 973. The van der Waals surface area contributed by atoms with E-state index in [4.69, 9.17) is 4.74 Å². The number of carbonyl (C=O) groups is 2. The molecule has 0 saturated heterocycles. The lowest BCUT2D eigenvalue weighted by Crippen LogP contribution is -2.17. The van der Waals surface area contributed by atoms with Gasteiger partial charge in [-0.25, -0.2) is 4.39 Å². The van der Waals surface area contributed by atoms with Gasteiger partial charge in [-0.1, -0.05) is 0 Å². The number of hydrogen-bond acceptors (Lipinski definition) is 4. The van der Waals surface area contributed by atoms with Crippen molar-refractivity contribution in [1.82, 2.24) is 4.98 Å². The van der Waals surface area contributed by atoms with Gasteiger partial charge in [-0.15, -0.1) is 0 Å². The number of aromatic nitrogens is 1. The number of ether oxygens (including phenoxy) is 1. The largest absolute Gasteiger partial charge is 0.494 e. The second kappa shape index (κ2) is 8.77. The normalized spacial score (nSPS) is 10.2. The lowest BCUT2D eigenvalue weighted by molar-refractivity contribution is 0.102. The van der Waals surface area contributed by atoms with Gasteiger partial charge in [0.1, 0.15) is 17.3 Å². The Morgan fingerprint density at radius 1 is 0.929 bits per heavy atom. The van der Waals surface area contributed by atoms with Gasteiger partial charge < -0.3 is 15.4 Å². The summed E-state index contributed by atoms with van der Waals surface area (Å²) in [6.45, 7) is 2.45. The molecule has 2 amide bonds. The minimum atomic E-state index is -0.498. The first kappa shape index (κ1) is 19.0.